The summed E-state index contributed by atoms with van der Waals surface area (Å²) in [5.74, 6) is -0.368. The minimum absolute atomic E-state index is 0.162. The van der Waals surface area contributed by atoms with Crippen LogP contribution in [-0.2, 0) is 0 Å². The Balaban J connectivity index is 1.86. The molecule has 1 aromatic carbocycles. The fourth-order valence-electron chi connectivity index (χ4n) is 2.02. The van der Waals surface area contributed by atoms with E-state index in [1.807, 2.05) is 31.2 Å². The van der Waals surface area contributed by atoms with Gasteiger partial charge in [0.25, 0.3) is 11.5 Å². The summed E-state index contributed by atoms with van der Waals surface area (Å²) in [5.41, 5.74) is 2.57. The molecule has 2 heterocycles. The lowest BCUT2D eigenvalue weighted by molar-refractivity contribution is 0.102. The Bertz CT molecular complexity index is 827. The molecule has 3 N–H and O–H groups in total. The van der Waals surface area contributed by atoms with Gasteiger partial charge in [0.15, 0.2) is 0 Å². The summed E-state index contributed by atoms with van der Waals surface area (Å²) in [4.78, 5) is 26.1. The second kappa shape index (κ2) is 4.65. The van der Waals surface area contributed by atoms with Crippen molar-refractivity contribution >= 4 is 22.5 Å². The number of anilines is 1. The summed E-state index contributed by atoms with van der Waals surface area (Å²) in [6, 6.07) is 10.2. The summed E-state index contributed by atoms with van der Waals surface area (Å²) >= 11 is 0. The molecule has 100 valence electrons. The largest absolute Gasteiger partial charge is 0.359 e. The summed E-state index contributed by atoms with van der Waals surface area (Å²) in [7, 11) is 0. The van der Waals surface area contributed by atoms with Crippen molar-refractivity contribution in [1.29, 1.82) is 0 Å². The maximum absolute atomic E-state index is 12.0. The molecule has 0 aliphatic rings. The van der Waals surface area contributed by atoms with Crippen molar-refractivity contribution in [2.45, 2.75) is 6.92 Å². The molecule has 0 saturated carbocycles. The number of aromatic nitrogens is 3. The number of carbonyl (C=O) groups excluding carboxylic acids is 1. The van der Waals surface area contributed by atoms with E-state index in [0.29, 0.717) is 5.69 Å². The topological polar surface area (TPSA) is 90.6 Å². The highest BCUT2D eigenvalue weighted by atomic mass is 16.2. The molecule has 20 heavy (non-hydrogen) atoms. The van der Waals surface area contributed by atoms with E-state index in [2.05, 4.69) is 20.5 Å². The van der Waals surface area contributed by atoms with Crippen molar-refractivity contribution in [3.05, 3.63) is 58.1 Å². The number of nitrogens with one attached hydrogen (secondary N) is 3. The lowest BCUT2D eigenvalue weighted by Gasteiger charge is -2.04. The number of hydrogen-bond acceptors (Lipinski definition) is 3. The van der Waals surface area contributed by atoms with Gasteiger partial charge in [-0.15, -0.1) is 0 Å². The van der Waals surface area contributed by atoms with E-state index in [0.717, 1.165) is 16.6 Å². The fraction of sp³-hybridized carbons (Fsp3) is 0.0714. The standard InChI is InChI=1S/C14H12N4O2/c1-8-6-9-7-10(2-3-11(9)15-8)16-14(20)12-4-5-13(19)18-17-12/h2-7,15H,1H3,(H,16,20)(H,18,19). The van der Waals surface area contributed by atoms with E-state index in [1.165, 1.54) is 12.1 Å². The van der Waals surface area contributed by atoms with E-state index in [1.54, 1.807) is 0 Å². The van der Waals surface area contributed by atoms with Crippen LogP contribution in [-0.4, -0.2) is 21.1 Å². The monoisotopic (exact) mass is 268 g/mol. The Morgan fingerprint density at radius 1 is 1.20 bits per heavy atom. The number of nitrogens with zero attached hydrogens (tertiary/aromatic N) is 1. The van der Waals surface area contributed by atoms with Gasteiger partial charge in [-0.05, 0) is 37.3 Å². The van der Waals surface area contributed by atoms with Gasteiger partial charge >= 0.3 is 0 Å². The molecule has 2 aromatic heterocycles. The van der Waals surface area contributed by atoms with Crippen LogP contribution in [0.1, 0.15) is 16.2 Å². The van der Waals surface area contributed by atoms with Gasteiger partial charge in [0, 0.05) is 28.4 Å². The number of H-pyrrole nitrogens is 2. The van der Waals surface area contributed by atoms with Crippen LogP contribution in [0, 0.1) is 6.92 Å². The number of fused-ring (bicyclic) bond motifs is 1. The Hall–Kier alpha value is -2.89. The first-order valence-corrected chi connectivity index (χ1v) is 6.08. The molecule has 0 unspecified atom stereocenters. The average Bonchev–Trinajstić information content (AvgIpc) is 2.78. The van der Waals surface area contributed by atoms with Gasteiger partial charge in [0.1, 0.15) is 5.69 Å². The molecule has 0 atom stereocenters. The maximum atomic E-state index is 12.0. The van der Waals surface area contributed by atoms with Crippen LogP contribution >= 0.6 is 0 Å². The van der Waals surface area contributed by atoms with Crippen LogP contribution in [0.2, 0.25) is 0 Å². The lowest BCUT2D eigenvalue weighted by Crippen LogP contribution is -2.17. The molecule has 3 aromatic rings. The SMILES string of the molecule is Cc1cc2cc(NC(=O)c3ccc(=O)[nH]n3)ccc2[nH]1. The number of benzene rings is 1. The van der Waals surface area contributed by atoms with Gasteiger partial charge in [0.2, 0.25) is 0 Å². The van der Waals surface area contributed by atoms with E-state index in [-0.39, 0.29) is 17.2 Å². The highest BCUT2D eigenvalue weighted by molar-refractivity contribution is 6.03. The molecule has 0 radical (unpaired) electrons. The number of amides is 1. The predicted octanol–water partition coefficient (Wildman–Crippen LogP) is 1.81. The molecule has 6 nitrogen and oxygen atoms in total. The third-order valence-electron chi connectivity index (χ3n) is 2.93. The summed E-state index contributed by atoms with van der Waals surface area (Å²) in [6.45, 7) is 1.97. The van der Waals surface area contributed by atoms with Crippen molar-refractivity contribution in [2.24, 2.45) is 0 Å². The van der Waals surface area contributed by atoms with Crippen LogP contribution in [0.25, 0.3) is 10.9 Å². The van der Waals surface area contributed by atoms with Crippen LogP contribution in [0.3, 0.4) is 0 Å². The molecular formula is C14H12N4O2. The lowest BCUT2D eigenvalue weighted by atomic mass is 10.2. The Morgan fingerprint density at radius 3 is 2.80 bits per heavy atom. The van der Waals surface area contributed by atoms with Gasteiger partial charge in [-0.1, -0.05) is 0 Å². The smallest absolute Gasteiger partial charge is 0.276 e. The highest BCUT2D eigenvalue weighted by Crippen LogP contribution is 2.20. The first-order valence-electron chi connectivity index (χ1n) is 6.08. The molecule has 0 saturated heterocycles. The first kappa shape index (κ1) is 12.2. The summed E-state index contributed by atoms with van der Waals surface area (Å²) in [6.07, 6.45) is 0. The van der Waals surface area contributed by atoms with Gasteiger partial charge in [0.05, 0.1) is 0 Å². The second-order valence-electron chi connectivity index (χ2n) is 4.51. The van der Waals surface area contributed by atoms with Crippen molar-refractivity contribution in [1.82, 2.24) is 15.2 Å². The fourth-order valence-corrected chi connectivity index (χ4v) is 2.02. The number of hydrogen-bond donors (Lipinski definition) is 3. The van der Waals surface area contributed by atoms with Crippen molar-refractivity contribution in [3.8, 4) is 0 Å². The van der Waals surface area contributed by atoms with Crippen molar-refractivity contribution < 1.29 is 4.79 Å². The van der Waals surface area contributed by atoms with Gasteiger partial charge < -0.3 is 10.3 Å². The summed E-state index contributed by atoms with van der Waals surface area (Å²) < 4.78 is 0. The maximum Gasteiger partial charge on any atom is 0.276 e. The molecule has 1 amide bonds. The van der Waals surface area contributed by atoms with Crippen molar-refractivity contribution in [2.75, 3.05) is 5.32 Å². The zero-order chi connectivity index (χ0) is 14.1. The third-order valence-corrected chi connectivity index (χ3v) is 2.93. The van der Waals surface area contributed by atoms with E-state index in [4.69, 9.17) is 0 Å². The number of aryl methyl sites for hydroxylation is 1. The van der Waals surface area contributed by atoms with Crippen LogP contribution in [0.15, 0.2) is 41.2 Å². The molecule has 3 rings (SSSR count). The van der Waals surface area contributed by atoms with Crippen LogP contribution < -0.4 is 10.9 Å². The van der Waals surface area contributed by atoms with Crippen molar-refractivity contribution in [3.63, 3.8) is 0 Å². The van der Waals surface area contributed by atoms with Crippen LogP contribution in [0.4, 0.5) is 5.69 Å². The third kappa shape index (κ3) is 2.31. The Kier molecular flexibility index (Phi) is 2.83. The predicted molar refractivity (Wildman–Crippen MR) is 75.8 cm³/mol. The number of carbonyl (C=O) groups is 1. The Morgan fingerprint density at radius 2 is 2.05 bits per heavy atom. The van der Waals surface area contributed by atoms with Gasteiger partial charge in [-0.2, -0.15) is 5.10 Å². The van der Waals surface area contributed by atoms with E-state index >= 15 is 0 Å². The molecule has 6 heteroatoms. The van der Waals surface area contributed by atoms with Gasteiger partial charge in [-0.25, -0.2) is 5.10 Å². The van der Waals surface area contributed by atoms with Gasteiger partial charge in [-0.3, -0.25) is 9.59 Å². The number of rotatable bonds is 2. The molecule has 0 fully saturated rings. The second-order valence-corrected chi connectivity index (χ2v) is 4.51. The minimum atomic E-state index is -0.368. The molecule has 0 spiro atoms. The molecule has 0 bridgehead atoms. The Labute approximate surface area is 113 Å². The molecular weight excluding hydrogens is 256 g/mol. The molecule has 0 aliphatic heterocycles. The first-order chi connectivity index (χ1) is 9.61. The zero-order valence-electron chi connectivity index (χ0n) is 10.7. The molecule has 0 aliphatic carbocycles. The minimum Gasteiger partial charge on any atom is -0.359 e. The average molecular weight is 268 g/mol. The van der Waals surface area contributed by atoms with E-state index < -0.39 is 0 Å². The zero-order valence-corrected chi connectivity index (χ0v) is 10.7. The van der Waals surface area contributed by atoms with Crippen LogP contribution in [0.5, 0.6) is 0 Å². The van der Waals surface area contributed by atoms with E-state index in [9.17, 15) is 9.59 Å². The number of aromatic amines is 2. The normalized spacial score (nSPS) is 10.7. The quantitative estimate of drug-likeness (QED) is 0.662. The summed E-state index contributed by atoms with van der Waals surface area (Å²) in [5, 5.41) is 9.68. The highest BCUT2D eigenvalue weighted by Gasteiger charge is 2.08.